The maximum absolute atomic E-state index is 13.1. The predicted molar refractivity (Wildman–Crippen MR) is 73.2 cm³/mol. The lowest BCUT2D eigenvalue weighted by Crippen LogP contribution is -2.00. The number of thiophene rings is 1. The molecule has 1 aromatic carbocycles. The van der Waals surface area contributed by atoms with Gasteiger partial charge in [-0.15, -0.1) is 11.3 Å². The first kappa shape index (κ1) is 13.0. The van der Waals surface area contributed by atoms with Crippen molar-refractivity contribution in [1.29, 1.82) is 0 Å². The van der Waals surface area contributed by atoms with E-state index in [4.69, 9.17) is 5.73 Å². The molecule has 0 spiro atoms. The zero-order chi connectivity index (χ0) is 13.3. The number of methoxy groups -OCH3 is 1. The Morgan fingerprint density at radius 3 is 2.78 bits per heavy atom. The fourth-order valence-electron chi connectivity index (χ4n) is 1.45. The Labute approximate surface area is 116 Å². The van der Waals surface area contributed by atoms with Gasteiger partial charge in [0.25, 0.3) is 0 Å². The molecule has 94 valence electrons. The highest BCUT2D eigenvalue weighted by molar-refractivity contribution is 9.10. The van der Waals surface area contributed by atoms with E-state index in [1.54, 1.807) is 18.2 Å². The van der Waals surface area contributed by atoms with E-state index >= 15 is 0 Å². The molecular formula is C12H9BrFNO2S. The molecule has 1 heterocycles. The number of rotatable bonds is 2. The first-order chi connectivity index (χ1) is 8.52. The van der Waals surface area contributed by atoms with Crippen LogP contribution >= 0.6 is 27.3 Å². The van der Waals surface area contributed by atoms with Crippen LogP contribution in [0.15, 0.2) is 28.7 Å². The van der Waals surface area contributed by atoms with Crippen LogP contribution < -0.4 is 5.73 Å². The molecule has 0 fully saturated rings. The van der Waals surface area contributed by atoms with Crippen molar-refractivity contribution in [3.8, 4) is 10.4 Å². The fraction of sp³-hybridized carbons (Fsp3) is 0.0833. The van der Waals surface area contributed by atoms with Crippen LogP contribution in [0, 0.1) is 5.82 Å². The standard InChI is InChI=1S/C12H9BrFNO2S/c1-17-12(16)11-9(15)5-10(18-11)6-2-3-8(14)7(13)4-6/h2-5H,15H2,1H3. The van der Waals surface area contributed by atoms with E-state index in [9.17, 15) is 9.18 Å². The molecule has 0 atom stereocenters. The van der Waals surface area contributed by atoms with Crippen molar-refractivity contribution in [1.82, 2.24) is 0 Å². The van der Waals surface area contributed by atoms with Crippen molar-refractivity contribution in [3.05, 3.63) is 39.4 Å². The zero-order valence-corrected chi connectivity index (χ0v) is 11.8. The minimum Gasteiger partial charge on any atom is -0.465 e. The highest BCUT2D eigenvalue weighted by Gasteiger charge is 2.16. The quantitative estimate of drug-likeness (QED) is 0.855. The van der Waals surface area contributed by atoms with Crippen LogP contribution in [-0.2, 0) is 4.74 Å². The summed E-state index contributed by atoms with van der Waals surface area (Å²) in [5.74, 6) is -0.804. The molecule has 0 saturated heterocycles. The number of benzene rings is 1. The monoisotopic (exact) mass is 329 g/mol. The maximum atomic E-state index is 13.1. The van der Waals surface area contributed by atoms with E-state index in [0.29, 0.717) is 15.0 Å². The maximum Gasteiger partial charge on any atom is 0.350 e. The molecule has 2 aromatic rings. The molecule has 0 unspecified atom stereocenters. The SMILES string of the molecule is COC(=O)c1sc(-c2ccc(F)c(Br)c2)cc1N. The largest absolute Gasteiger partial charge is 0.465 e. The molecule has 0 bridgehead atoms. The minimum atomic E-state index is -0.468. The predicted octanol–water partition coefficient (Wildman–Crippen LogP) is 3.69. The summed E-state index contributed by atoms with van der Waals surface area (Å²) in [6, 6.07) is 6.30. The van der Waals surface area contributed by atoms with E-state index < -0.39 is 5.97 Å². The summed E-state index contributed by atoms with van der Waals surface area (Å²) in [7, 11) is 1.30. The number of hydrogen-bond acceptors (Lipinski definition) is 4. The normalized spacial score (nSPS) is 10.4. The van der Waals surface area contributed by atoms with Gasteiger partial charge in [0.15, 0.2) is 0 Å². The van der Waals surface area contributed by atoms with E-state index in [-0.39, 0.29) is 5.82 Å². The van der Waals surface area contributed by atoms with Gasteiger partial charge in [0.1, 0.15) is 10.7 Å². The van der Waals surface area contributed by atoms with Gasteiger partial charge in [0.2, 0.25) is 0 Å². The van der Waals surface area contributed by atoms with Gasteiger partial charge in [-0.05, 0) is 39.7 Å². The molecular weight excluding hydrogens is 321 g/mol. The van der Waals surface area contributed by atoms with Crippen molar-refractivity contribution in [2.45, 2.75) is 0 Å². The molecule has 0 amide bonds. The topological polar surface area (TPSA) is 52.3 Å². The second-order valence-corrected chi connectivity index (χ2v) is 5.42. The zero-order valence-electron chi connectivity index (χ0n) is 9.37. The van der Waals surface area contributed by atoms with E-state index in [1.165, 1.54) is 24.5 Å². The number of carbonyl (C=O) groups is 1. The lowest BCUT2D eigenvalue weighted by molar-refractivity contribution is 0.0607. The van der Waals surface area contributed by atoms with Gasteiger partial charge in [-0.2, -0.15) is 0 Å². The van der Waals surface area contributed by atoms with E-state index in [2.05, 4.69) is 20.7 Å². The second-order valence-electron chi connectivity index (χ2n) is 3.52. The number of anilines is 1. The molecule has 0 aliphatic heterocycles. The molecule has 6 heteroatoms. The number of ether oxygens (including phenoxy) is 1. The average molecular weight is 330 g/mol. The second kappa shape index (κ2) is 5.07. The molecule has 1 aromatic heterocycles. The van der Waals surface area contributed by atoms with Crippen LogP contribution in [0.1, 0.15) is 9.67 Å². The first-order valence-electron chi connectivity index (χ1n) is 4.96. The van der Waals surface area contributed by atoms with Gasteiger partial charge in [-0.25, -0.2) is 9.18 Å². The highest BCUT2D eigenvalue weighted by atomic mass is 79.9. The van der Waals surface area contributed by atoms with Crippen molar-refractivity contribution >= 4 is 38.9 Å². The summed E-state index contributed by atoms with van der Waals surface area (Å²) in [5, 5.41) is 0. The van der Waals surface area contributed by atoms with Gasteiger partial charge >= 0.3 is 5.97 Å². The number of nitrogens with two attached hydrogens (primary N) is 1. The van der Waals surface area contributed by atoms with Crippen molar-refractivity contribution in [3.63, 3.8) is 0 Å². The number of halogens is 2. The highest BCUT2D eigenvalue weighted by Crippen LogP contribution is 2.35. The van der Waals surface area contributed by atoms with Crippen LogP contribution in [0.3, 0.4) is 0 Å². The lowest BCUT2D eigenvalue weighted by Gasteiger charge is -1.99. The molecule has 0 aliphatic rings. The van der Waals surface area contributed by atoms with Crippen LogP contribution in [0.2, 0.25) is 0 Å². The summed E-state index contributed by atoms with van der Waals surface area (Å²) < 4.78 is 18.1. The molecule has 0 radical (unpaired) electrons. The molecule has 2 N–H and O–H groups in total. The van der Waals surface area contributed by atoms with E-state index in [1.807, 2.05) is 0 Å². The van der Waals surface area contributed by atoms with Gasteiger partial charge in [-0.3, -0.25) is 0 Å². The summed E-state index contributed by atoms with van der Waals surface area (Å²) in [4.78, 5) is 12.6. The Kier molecular flexibility index (Phi) is 3.68. The third-order valence-corrected chi connectivity index (χ3v) is 4.12. The fourth-order valence-corrected chi connectivity index (χ4v) is 2.82. The third-order valence-electron chi connectivity index (χ3n) is 2.34. The lowest BCUT2D eigenvalue weighted by atomic mass is 10.2. The molecule has 0 aliphatic carbocycles. The van der Waals surface area contributed by atoms with Crippen LogP contribution in [0.5, 0.6) is 0 Å². The minimum absolute atomic E-state index is 0.337. The summed E-state index contributed by atoms with van der Waals surface area (Å²) >= 11 is 4.34. The Bertz CT molecular complexity index is 612. The van der Waals surface area contributed by atoms with Gasteiger partial charge in [-0.1, -0.05) is 6.07 Å². The Balaban J connectivity index is 2.45. The summed E-state index contributed by atoms with van der Waals surface area (Å²) in [6.45, 7) is 0. The van der Waals surface area contributed by atoms with Crippen LogP contribution in [0.25, 0.3) is 10.4 Å². The molecule has 3 nitrogen and oxygen atoms in total. The van der Waals surface area contributed by atoms with Crippen LogP contribution in [0.4, 0.5) is 10.1 Å². The average Bonchev–Trinajstić information content (AvgIpc) is 2.74. The number of esters is 1. The van der Waals surface area contributed by atoms with E-state index in [0.717, 1.165) is 10.4 Å². The number of carbonyl (C=O) groups excluding carboxylic acids is 1. The molecule has 0 saturated carbocycles. The Morgan fingerprint density at radius 1 is 1.44 bits per heavy atom. The summed E-state index contributed by atoms with van der Waals surface area (Å²) in [5.41, 5.74) is 6.90. The number of hydrogen-bond donors (Lipinski definition) is 1. The van der Waals surface area contributed by atoms with Crippen molar-refractivity contribution in [2.24, 2.45) is 0 Å². The van der Waals surface area contributed by atoms with Gasteiger partial charge in [0, 0.05) is 4.88 Å². The molecule has 2 rings (SSSR count). The summed E-state index contributed by atoms with van der Waals surface area (Å²) in [6.07, 6.45) is 0. The van der Waals surface area contributed by atoms with Crippen LogP contribution in [-0.4, -0.2) is 13.1 Å². The van der Waals surface area contributed by atoms with Gasteiger partial charge in [0.05, 0.1) is 17.3 Å². The molecule has 18 heavy (non-hydrogen) atoms. The Hall–Kier alpha value is -1.40. The smallest absolute Gasteiger partial charge is 0.350 e. The third kappa shape index (κ3) is 2.39. The number of nitrogen functional groups attached to an aromatic ring is 1. The first-order valence-corrected chi connectivity index (χ1v) is 6.57. The van der Waals surface area contributed by atoms with Crippen molar-refractivity contribution < 1.29 is 13.9 Å². The Morgan fingerprint density at radius 2 is 2.17 bits per heavy atom. The van der Waals surface area contributed by atoms with Crippen molar-refractivity contribution in [2.75, 3.05) is 12.8 Å². The van der Waals surface area contributed by atoms with Gasteiger partial charge < -0.3 is 10.5 Å².